The summed E-state index contributed by atoms with van der Waals surface area (Å²) in [6.07, 6.45) is -1.29. The first-order valence-corrected chi connectivity index (χ1v) is 14.0. The van der Waals surface area contributed by atoms with Gasteiger partial charge in [0.05, 0.1) is 6.61 Å². The first-order chi connectivity index (χ1) is 20.6. The second-order valence-corrected chi connectivity index (χ2v) is 9.72. The number of hydrogen-bond acceptors (Lipinski definition) is 5. The Kier molecular flexibility index (Phi) is 9.42. The number of rotatable bonds is 11. The van der Waals surface area contributed by atoms with Gasteiger partial charge in [-0.25, -0.2) is 0 Å². The van der Waals surface area contributed by atoms with Crippen molar-refractivity contribution in [2.45, 2.75) is 25.0 Å². The van der Waals surface area contributed by atoms with Gasteiger partial charge in [0, 0.05) is 5.56 Å². The lowest BCUT2D eigenvalue weighted by molar-refractivity contribution is -0.190. The van der Waals surface area contributed by atoms with Crippen molar-refractivity contribution in [2.75, 3.05) is 6.61 Å². The molecule has 5 nitrogen and oxygen atoms in total. The molecular formula is C37H32O5. The summed E-state index contributed by atoms with van der Waals surface area (Å²) in [6.45, 7) is 2.42. The Morgan fingerprint density at radius 1 is 0.476 bits per heavy atom. The van der Waals surface area contributed by atoms with E-state index in [1.54, 1.807) is 24.3 Å². The molecule has 42 heavy (non-hydrogen) atoms. The van der Waals surface area contributed by atoms with Crippen molar-refractivity contribution in [1.82, 2.24) is 0 Å². The van der Waals surface area contributed by atoms with E-state index in [9.17, 15) is 9.59 Å². The van der Waals surface area contributed by atoms with Gasteiger partial charge >= 0.3 is 11.9 Å². The molecule has 0 aliphatic heterocycles. The quantitative estimate of drug-likeness (QED) is 0.123. The van der Waals surface area contributed by atoms with Gasteiger partial charge < -0.3 is 14.2 Å². The van der Waals surface area contributed by atoms with Crippen LogP contribution in [0.25, 0.3) is 0 Å². The maximum absolute atomic E-state index is 14.0. The van der Waals surface area contributed by atoms with E-state index >= 15 is 0 Å². The summed E-state index contributed by atoms with van der Waals surface area (Å²) in [6, 6.07) is 44.8. The Morgan fingerprint density at radius 3 is 1.12 bits per heavy atom. The lowest BCUT2D eigenvalue weighted by atomic mass is 9.91. The van der Waals surface area contributed by atoms with Crippen LogP contribution in [0.3, 0.4) is 0 Å². The smallest absolute Gasteiger partial charge is 0.321 e. The van der Waals surface area contributed by atoms with Crippen LogP contribution in [0, 0.1) is 0 Å². The van der Waals surface area contributed by atoms with Gasteiger partial charge in [-0.1, -0.05) is 121 Å². The van der Waals surface area contributed by atoms with Gasteiger partial charge in [-0.15, -0.1) is 0 Å². The normalized spacial score (nSPS) is 11.0. The van der Waals surface area contributed by atoms with Crippen LogP contribution in [0.4, 0.5) is 0 Å². The summed E-state index contributed by atoms with van der Waals surface area (Å²) < 4.78 is 17.7. The fourth-order valence-electron chi connectivity index (χ4n) is 4.91. The molecule has 0 aliphatic rings. The van der Waals surface area contributed by atoms with E-state index in [2.05, 4.69) is 0 Å². The van der Waals surface area contributed by atoms with Crippen molar-refractivity contribution in [3.8, 4) is 5.75 Å². The minimum absolute atomic E-state index is 0.512. The van der Waals surface area contributed by atoms with Gasteiger partial charge in [0.1, 0.15) is 17.6 Å². The zero-order chi connectivity index (χ0) is 29.1. The standard InChI is InChI=1S/C37H32O5/c1-2-40-32-25-23-31(24-26-32)37(41-35(38)33(27-15-7-3-8-16-27)28-17-9-4-10-18-28)42-36(39)34(29-19-11-5-12-20-29)30-21-13-6-14-22-30/h3-26,33-34,37H,2H2,1H3. The van der Waals surface area contributed by atoms with Gasteiger partial charge in [0.25, 0.3) is 6.29 Å². The fraction of sp³-hybridized carbons (Fsp3) is 0.135. The molecule has 0 fully saturated rings. The molecule has 0 atom stereocenters. The van der Waals surface area contributed by atoms with Crippen molar-refractivity contribution in [3.05, 3.63) is 173 Å². The number of benzene rings is 5. The van der Waals surface area contributed by atoms with Gasteiger partial charge in [-0.3, -0.25) is 9.59 Å². The minimum atomic E-state index is -1.29. The highest BCUT2D eigenvalue weighted by molar-refractivity contribution is 5.84. The Hall–Kier alpha value is -5.16. The highest BCUT2D eigenvalue weighted by Crippen LogP contribution is 2.33. The molecule has 5 aromatic carbocycles. The second-order valence-electron chi connectivity index (χ2n) is 9.72. The number of esters is 2. The van der Waals surface area contributed by atoms with Crippen LogP contribution in [0.15, 0.2) is 146 Å². The number of carbonyl (C=O) groups excluding carboxylic acids is 2. The SMILES string of the molecule is CCOc1ccc(C(OC(=O)C(c2ccccc2)c2ccccc2)OC(=O)C(c2ccccc2)c2ccccc2)cc1. The van der Waals surface area contributed by atoms with Gasteiger partial charge in [-0.2, -0.15) is 0 Å². The predicted octanol–water partition coefficient (Wildman–Crippen LogP) is 7.83. The Bertz CT molecular complexity index is 1380. The van der Waals surface area contributed by atoms with E-state index in [0.717, 1.165) is 22.3 Å². The summed E-state index contributed by atoms with van der Waals surface area (Å²) in [4.78, 5) is 27.9. The third kappa shape index (κ3) is 6.94. The maximum atomic E-state index is 14.0. The van der Waals surface area contributed by atoms with Crippen LogP contribution in [0.5, 0.6) is 5.75 Å². The molecule has 0 radical (unpaired) electrons. The van der Waals surface area contributed by atoms with Gasteiger partial charge in [0.15, 0.2) is 0 Å². The maximum Gasteiger partial charge on any atom is 0.321 e. The average molecular weight is 557 g/mol. The molecular weight excluding hydrogens is 524 g/mol. The molecule has 0 spiro atoms. The molecule has 0 N–H and O–H groups in total. The van der Waals surface area contributed by atoms with Crippen molar-refractivity contribution in [1.29, 1.82) is 0 Å². The Morgan fingerprint density at radius 2 is 0.810 bits per heavy atom. The van der Waals surface area contributed by atoms with Gasteiger partial charge in [-0.05, 0) is 53.4 Å². The third-order valence-corrected chi connectivity index (χ3v) is 6.91. The molecule has 5 heteroatoms. The molecule has 0 saturated carbocycles. The topological polar surface area (TPSA) is 61.8 Å². The zero-order valence-corrected chi connectivity index (χ0v) is 23.3. The van der Waals surface area contributed by atoms with E-state index in [-0.39, 0.29) is 0 Å². The van der Waals surface area contributed by atoms with Crippen molar-refractivity contribution >= 4 is 11.9 Å². The van der Waals surface area contributed by atoms with E-state index in [1.807, 2.05) is 128 Å². The lowest BCUT2D eigenvalue weighted by Gasteiger charge is -2.25. The molecule has 0 aromatic heterocycles. The monoisotopic (exact) mass is 556 g/mol. The number of carbonyl (C=O) groups is 2. The molecule has 210 valence electrons. The fourth-order valence-corrected chi connectivity index (χ4v) is 4.91. The van der Waals surface area contributed by atoms with Crippen LogP contribution < -0.4 is 4.74 Å². The molecule has 0 aliphatic carbocycles. The molecule has 0 bridgehead atoms. The highest BCUT2D eigenvalue weighted by atomic mass is 16.7. The highest BCUT2D eigenvalue weighted by Gasteiger charge is 2.32. The molecule has 0 heterocycles. The van der Waals surface area contributed by atoms with Crippen LogP contribution in [0.2, 0.25) is 0 Å². The molecule has 0 amide bonds. The first kappa shape index (κ1) is 28.4. The molecule has 5 rings (SSSR count). The van der Waals surface area contributed by atoms with E-state index < -0.39 is 30.1 Å². The summed E-state index contributed by atoms with van der Waals surface area (Å²) in [7, 11) is 0. The first-order valence-electron chi connectivity index (χ1n) is 14.0. The predicted molar refractivity (Wildman–Crippen MR) is 162 cm³/mol. The number of ether oxygens (including phenoxy) is 3. The minimum Gasteiger partial charge on any atom is -0.494 e. The summed E-state index contributed by atoms with van der Waals surface area (Å²) >= 11 is 0. The van der Waals surface area contributed by atoms with Crippen molar-refractivity contribution in [2.24, 2.45) is 0 Å². The summed E-state index contributed by atoms with van der Waals surface area (Å²) in [5, 5.41) is 0. The van der Waals surface area contributed by atoms with Crippen LogP contribution >= 0.6 is 0 Å². The Balaban J connectivity index is 1.50. The lowest BCUT2D eigenvalue weighted by Crippen LogP contribution is -2.26. The zero-order valence-electron chi connectivity index (χ0n) is 23.3. The van der Waals surface area contributed by atoms with Crippen LogP contribution in [-0.2, 0) is 19.1 Å². The van der Waals surface area contributed by atoms with Crippen LogP contribution in [0.1, 0.15) is 52.9 Å². The summed E-state index contributed by atoms with van der Waals surface area (Å²) in [5.74, 6) is -1.83. The molecule has 0 unspecified atom stereocenters. The van der Waals surface area contributed by atoms with Crippen LogP contribution in [-0.4, -0.2) is 18.5 Å². The van der Waals surface area contributed by atoms with E-state index in [0.29, 0.717) is 17.9 Å². The van der Waals surface area contributed by atoms with Gasteiger partial charge in [0.2, 0.25) is 0 Å². The average Bonchev–Trinajstić information content (AvgIpc) is 3.04. The van der Waals surface area contributed by atoms with Crippen molar-refractivity contribution < 1.29 is 23.8 Å². The largest absolute Gasteiger partial charge is 0.494 e. The van der Waals surface area contributed by atoms with E-state index in [4.69, 9.17) is 14.2 Å². The van der Waals surface area contributed by atoms with Crippen molar-refractivity contribution in [3.63, 3.8) is 0 Å². The number of hydrogen-bond donors (Lipinski definition) is 0. The summed E-state index contributed by atoms with van der Waals surface area (Å²) in [5.41, 5.74) is 3.61. The second kappa shape index (κ2) is 14.0. The Labute approximate surface area is 246 Å². The molecule has 0 saturated heterocycles. The molecule has 5 aromatic rings. The third-order valence-electron chi connectivity index (χ3n) is 6.91. The van der Waals surface area contributed by atoms with E-state index in [1.165, 1.54) is 0 Å².